The molecule has 3 aromatic rings. The topological polar surface area (TPSA) is 55.4 Å². The largest absolute Gasteiger partial charge is 0.497 e. The number of methoxy groups -OCH3 is 1. The molecule has 2 atom stereocenters. The first kappa shape index (κ1) is 22.3. The molecule has 0 radical (unpaired) electrons. The average Bonchev–Trinajstić information content (AvgIpc) is 2.74. The molecule has 30 heavy (non-hydrogen) atoms. The average molecular weight is 462 g/mol. The fraction of sp³-hybridized carbons (Fsp3) is 0.174. The second kappa shape index (κ2) is 10.6. The molecule has 1 N–H and O–H groups in total. The van der Waals surface area contributed by atoms with Gasteiger partial charge in [-0.1, -0.05) is 53.5 Å². The molecule has 156 valence electrons. The van der Waals surface area contributed by atoms with Crippen LogP contribution in [0.25, 0.3) is 0 Å². The van der Waals surface area contributed by atoms with Crippen LogP contribution in [0.5, 0.6) is 5.75 Å². The molecule has 1 amide bonds. The van der Waals surface area contributed by atoms with Gasteiger partial charge in [-0.3, -0.25) is 9.00 Å². The van der Waals surface area contributed by atoms with Crippen molar-refractivity contribution in [1.82, 2.24) is 5.32 Å². The summed E-state index contributed by atoms with van der Waals surface area (Å²) in [4.78, 5) is 13.6. The molecule has 0 aliphatic rings. The zero-order valence-corrected chi connectivity index (χ0v) is 18.6. The van der Waals surface area contributed by atoms with E-state index in [-0.39, 0.29) is 5.91 Å². The fourth-order valence-electron chi connectivity index (χ4n) is 3.04. The maximum Gasteiger partial charge on any atom is 0.240 e. The van der Waals surface area contributed by atoms with E-state index in [4.69, 9.17) is 27.9 Å². The molecule has 0 aliphatic heterocycles. The van der Waals surface area contributed by atoms with E-state index in [1.165, 1.54) is 0 Å². The van der Waals surface area contributed by atoms with Gasteiger partial charge in [-0.05, 0) is 60.0 Å². The fourth-order valence-corrected chi connectivity index (χ4v) is 4.94. The molecular weight excluding hydrogens is 441 g/mol. The van der Waals surface area contributed by atoms with Crippen LogP contribution in [0.2, 0.25) is 10.0 Å². The Morgan fingerprint density at radius 3 is 2.37 bits per heavy atom. The number of benzene rings is 3. The molecule has 0 spiro atoms. The zero-order chi connectivity index (χ0) is 21.5. The summed E-state index contributed by atoms with van der Waals surface area (Å²) < 4.78 is 18.5. The monoisotopic (exact) mass is 461 g/mol. The van der Waals surface area contributed by atoms with Crippen molar-refractivity contribution in [3.63, 3.8) is 0 Å². The third-order valence-corrected chi connectivity index (χ3v) is 6.55. The number of carbonyl (C=O) groups excluding carboxylic acids is 1. The highest BCUT2D eigenvalue weighted by Gasteiger charge is 2.28. The molecule has 4 nitrogen and oxygen atoms in total. The summed E-state index contributed by atoms with van der Waals surface area (Å²) >= 11 is 12.3. The van der Waals surface area contributed by atoms with Gasteiger partial charge in [-0.2, -0.15) is 0 Å². The van der Waals surface area contributed by atoms with Gasteiger partial charge in [0.05, 0.1) is 17.9 Å². The van der Waals surface area contributed by atoms with Crippen LogP contribution in [-0.2, 0) is 22.0 Å². The Morgan fingerprint density at radius 2 is 1.70 bits per heavy atom. The van der Waals surface area contributed by atoms with Crippen LogP contribution in [-0.4, -0.2) is 23.8 Å². The number of nitrogens with one attached hydrogen (secondary N) is 1. The van der Waals surface area contributed by atoms with Crippen molar-refractivity contribution in [2.45, 2.75) is 16.6 Å². The van der Waals surface area contributed by atoms with Crippen LogP contribution < -0.4 is 10.1 Å². The van der Waals surface area contributed by atoms with E-state index in [0.717, 1.165) is 11.3 Å². The first-order valence-corrected chi connectivity index (χ1v) is 11.3. The molecule has 3 aromatic carbocycles. The molecule has 0 aliphatic carbocycles. The minimum Gasteiger partial charge on any atom is -0.497 e. The van der Waals surface area contributed by atoms with E-state index in [1.54, 1.807) is 49.6 Å². The maximum atomic E-state index is 13.3. The van der Waals surface area contributed by atoms with Crippen molar-refractivity contribution in [3.8, 4) is 5.75 Å². The number of ether oxygens (including phenoxy) is 1. The van der Waals surface area contributed by atoms with Gasteiger partial charge in [0.15, 0.2) is 0 Å². The van der Waals surface area contributed by atoms with Crippen molar-refractivity contribution < 1.29 is 13.7 Å². The summed E-state index contributed by atoms with van der Waals surface area (Å²) in [5.41, 5.74) is 1.54. The Labute approximate surface area is 188 Å². The highest BCUT2D eigenvalue weighted by atomic mass is 35.5. The van der Waals surface area contributed by atoms with Gasteiger partial charge in [0.1, 0.15) is 11.0 Å². The van der Waals surface area contributed by atoms with E-state index >= 15 is 0 Å². The first-order chi connectivity index (χ1) is 14.5. The van der Waals surface area contributed by atoms with Gasteiger partial charge < -0.3 is 10.1 Å². The highest BCUT2D eigenvalue weighted by molar-refractivity contribution is 7.86. The molecule has 2 unspecified atom stereocenters. The number of rotatable bonds is 8. The lowest BCUT2D eigenvalue weighted by Gasteiger charge is -2.18. The third kappa shape index (κ3) is 5.85. The molecule has 0 aromatic heterocycles. The van der Waals surface area contributed by atoms with Crippen molar-refractivity contribution in [2.24, 2.45) is 0 Å². The maximum absolute atomic E-state index is 13.3. The summed E-state index contributed by atoms with van der Waals surface area (Å²) in [6.07, 6.45) is 0.615. The van der Waals surface area contributed by atoms with Crippen LogP contribution in [0.15, 0.2) is 77.7 Å². The molecule has 0 fully saturated rings. The third-order valence-electron chi connectivity index (χ3n) is 4.46. The normalized spacial score (nSPS) is 12.8. The smallest absolute Gasteiger partial charge is 0.240 e. The van der Waals surface area contributed by atoms with Crippen molar-refractivity contribution in [1.29, 1.82) is 0 Å². The quantitative estimate of drug-likeness (QED) is 0.500. The van der Waals surface area contributed by atoms with E-state index in [0.29, 0.717) is 33.5 Å². The van der Waals surface area contributed by atoms with Gasteiger partial charge in [-0.25, -0.2) is 0 Å². The Kier molecular flexibility index (Phi) is 7.91. The van der Waals surface area contributed by atoms with Gasteiger partial charge >= 0.3 is 0 Å². The van der Waals surface area contributed by atoms with Crippen molar-refractivity contribution in [3.05, 3.63) is 94.0 Å². The summed E-state index contributed by atoms with van der Waals surface area (Å²) in [6, 6.07) is 21.4. The van der Waals surface area contributed by atoms with Crippen LogP contribution in [0, 0.1) is 0 Å². The number of halogens is 2. The van der Waals surface area contributed by atoms with E-state index < -0.39 is 16.0 Å². The van der Waals surface area contributed by atoms with E-state index in [9.17, 15) is 9.00 Å². The number of amides is 1. The van der Waals surface area contributed by atoms with Crippen molar-refractivity contribution in [2.75, 3.05) is 13.7 Å². The number of hydrogen-bond donors (Lipinski definition) is 1. The predicted octanol–water partition coefficient (Wildman–Crippen LogP) is 5.21. The SMILES string of the molecule is COc1cccc(CCNC(=O)C(c2cc(Cl)cc(Cl)c2)S(=O)c2ccccc2)c1. The molecule has 0 heterocycles. The molecular formula is C23H21Cl2NO3S. The summed E-state index contributed by atoms with van der Waals surface area (Å²) in [7, 11) is -0.00956. The Morgan fingerprint density at radius 1 is 1.00 bits per heavy atom. The van der Waals surface area contributed by atoms with Gasteiger partial charge in [0.25, 0.3) is 0 Å². The summed E-state index contributed by atoms with van der Waals surface area (Å²) in [6.45, 7) is 0.392. The van der Waals surface area contributed by atoms with Gasteiger partial charge in [-0.15, -0.1) is 0 Å². The van der Waals surface area contributed by atoms with Gasteiger partial charge in [0.2, 0.25) is 5.91 Å². The molecule has 3 rings (SSSR count). The molecule has 0 saturated heterocycles. The Bertz CT molecular complexity index is 1020. The van der Waals surface area contributed by atoms with E-state index in [2.05, 4.69) is 5.32 Å². The van der Waals surface area contributed by atoms with Crippen LogP contribution in [0.3, 0.4) is 0 Å². The molecule has 0 bridgehead atoms. The summed E-state index contributed by atoms with van der Waals surface area (Å²) in [5.74, 6) is 0.411. The molecule has 0 saturated carbocycles. The number of hydrogen-bond acceptors (Lipinski definition) is 3. The molecule has 7 heteroatoms. The number of carbonyl (C=O) groups is 1. The van der Waals surface area contributed by atoms with Crippen LogP contribution in [0.1, 0.15) is 16.4 Å². The zero-order valence-electron chi connectivity index (χ0n) is 16.3. The minimum atomic E-state index is -1.62. The highest BCUT2D eigenvalue weighted by Crippen LogP contribution is 2.30. The second-order valence-electron chi connectivity index (χ2n) is 6.59. The minimum absolute atomic E-state index is 0.349. The standard InChI is InChI=1S/C23H21Cl2NO3S/c1-29-20-7-5-6-16(12-20)10-11-26-23(27)22(17-13-18(24)15-19(25)14-17)30(28)21-8-3-2-4-9-21/h2-9,12-15,22H,10-11H2,1H3,(H,26,27). The second-order valence-corrected chi connectivity index (χ2v) is 9.00. The van der Waals surface area contributed by atoms with E-state index in [1.807, 2.05) is 30.3 Å². The van der Waals surface area contributed by atoms with Crippen molar-refractivity contribution >= 4 is 39.9 Å². The summed E-state index contributed by atoms with van der Waals surface area (Å²) in [5, 5.41) is 2.73. The van der Waals surface area contributed by atoms with Crippen LogP contribution in [0.4, 0.5) is 0 Å². The lowest BCUT2D eigenvalue weighted by Crippen LogP contribution is -2.33. The first-order valence-electron chi connectivity index (χ1n) is 9.30. The Hall–Kier alpha value is -2.34. The predicted molar refractivity (Wildman–Crippen MR) is 122 cm³/mol. The van der Waals surface area contributed by atoms with Crippen LogP contribution >= 0.6 is 23.2 Å². The van der Waals surface area contributed by atoms with Gasteiger partial charge in [0, 0.05) is 21.5 Å². The Balaban J connectivity index is 1.80. The lowest BCUT2D eigenvalue weighted by atomic mass is 10.1. The lowest BCUT2D eigenvalue weighted by molar-refractivity contribution is -0.120.